The minimum Gasteiger partial charge on any atom is -0.338 e. The Labute approximate surface area is 147 Å². The molecule has 0 fully saturated rings. The summed E-state index contributed by atoms with van der Waals surface area (Å²) in [5.74, 6) is -0.129. The second-order valence-corrected chi connectivity index (χ2v) is 6.25. The molecule has 0 spiro atoms. The van der Waals surface area contributed by atoms with Gasteiger partial charge in [-0.05, 0) is 24.3 Å². The van der Waals surface area contributed by atoms with Crippen LogP contribution in [0.3, 0.4) is 0 Å². The molecule has 1 amide bonds. The van der Waals surface area contributed by atoms with E-state index in [-0.39, 0.29) is 11.7 Å². The van der Waals surface area contributed by atoms with Crippen LogP contribution in [-0.2, 0) is 7.05 Å². The SMILES string of the molecule is Cn1ccnc1C(NC(=O)c1cccc(Br)c1)c1ccccc1F. The van der Waals surface area contributed by atoms with Crippen molar-refractivity contribution >= 4 is 21.8 Å². The van der Waals surface area contributed by atoms with Crippen molar-refractivity contribution in [2.75, 3.05) is 0 Å². The Morgan fingerprint density at radius 1 is 1.25 bits per heavy atom. The van der Waals surface area contributed by atoms with Crippen molar-refractivity contribution in [2.24, 2.45) is 7.05 Å². The maximum absolute atomic E-state index is 14.3. The molecule has 122 valence electrons. The van der Waals surface area contributed by atoms with E-state index in [9.17, 15) is 9.18 Å². The number of benzene rings is 2. The van der Waals surface area contributed by atoms with Gasteiger partial charge in [-0.25, -0.2) is 9.37 Å². The van der Waals surface area contributed by atoms with Crippen molar-refractivity contribution in [3.63, 3.8) is 0 Å². The Morgan fingerprint density at radius 3 is 2.71 bits per heavy atom. The number of hydrogen-bond donors (Lipinski definition) is 1. The summed E-state index contributed by atoms with van der Waals surface area (Å²) in [4.78, 5) is 16.9. The van der Waals surface area contributed by atoms with Crippen LogP contribution in [0.25, 0.3) is 0 Å². The molecule has 0 aliphatic carbocycles. The highest BCUT2D eigenvalue weighted by Gasteiger charge is 2.24. The Morgan fingerprint density at radius 2 is 2.04 bits per heavy atom. The van der Waals surface area contributed by atoms with Gasteiger partial charge < -0.3 is 9.88 Å². The van der Waals surface area contributed by atoms with Crippen LogP contribution >= 0.6 is 15.9 Å². The molecule has 3 rings (SSSR count). The number of nitrogens with zero attached hydrogens (tertiary/aromatic N) is 2. The van der Waals surface area contributed by atoms with Crippen molar-refractivity contribution < 1.29 is 9.18 Å². The summed E-state index contributed by atoms with van der Waals surface area (Å²) < 4.78 is 16.8. The summed E-state index contributed by atoms with van der Waals surface area (Å²) in [5, 5.41) is 2.88. The molecule has 0 aliphatic heterocycles. The summed E-state index contributed by atoms with van der Waals surface area (Å²) in [6.07, 6.45) is 3.38. The zero-order valence-corrected chi connectivity index (χ0v) is 14.5. The molecular formula is C18H15BrFN3O. The van der Waals surface area contributed by atoms with Crippen LogP contribution in [0.5, 0.6) is 0 Å². The molecule has 1 atom stereocenters. The fourth-order valence-electron chi connectivity index (χ4n) is 2.49. The number of imidazole rings is 1. The number of rotatable bonds is 4. The van der Waals surface area contributed by atoms with Crippen molar-refractivity contribution in [3.8, 4) is 0 Å². The van der Waals surface area contributed by atoms with Gasteiger partial charge in [0.25, 0.3) is 5.91 Å². The third-order valence-electron chi connectivity index (χ3n) is 3.70. The minimum atomic E-state index is -0.683. The summed E-state index contributed by atoms with van der Waals surface area (Å²) >= 11 is 3.35. The van der Waals surface area contributed by atoms with Gasteiger partial charge in [-0.3, -0.25) is 4.79 Å². The summed E-state index contributed by atoms with van der Waals surface area (Å²) in [6, 6.07) is 12.7. The lowest BCUT2D eigenvalue weighted by Crippen LogP contribution is -2.31. The van der Waals surface area contributed by atoms with E-state index in [4.69, 9.17) is 0 Å². The average Bonchev–Trinajstić information content (AvgIpc) is 2.99. The fraction of sp³-hybridized carbons (Fsp3) is 0.111. The second-order valence-electron chi connectivity index (χ2n) is 5.33. The van der Waals surface area contributed by atoms with E-state index in [1.807, 2.05) is 6.07 Å². The molecule has 0 bridgehead atoms. The van der Waals surface area contributed by atoms with Gasteiger partial charge in [-0.1, -0.05) is 40.2 Å². The molecule has 0 radical (unpaired) electrons. The molecule has 1 N–H and O–H groups in total. The molecule has 4 nitrogen and oxygen atoms in total. The topological polar surface area (TPSA) is 46.9 Å². The predicted octanol–water partition coefficient (Wildman–Crippen LogP) is 3.84. The highest BCUT2D eigenvalue weighted by atomic mass is 79.9. The number of carbonyl (C=O) groups is 1. The quantitative estimate of drug-likeness (QED) is 0.738. The molecule has 1 unspecified atom stereocenters. The summed E-state index contributed by atoms with van der Waals surface area (Å²) in [7, 11) is 1.81. The number of amides is 1. The third-order valence-corrected chi connectivity index (χ3v) is 4.19. The maximum atomic E-state index is 14.3. The van der Waals surface area contributed by atoms with Gasteiger partial charge in [0, 0.05) is 35.0 Å². The number of aromatic nitrogens is 2. The first kappa shape index (κ1) is 16.4. The van der Waals surface area contributed by atoms with Crippen LogP contribution < -0.4 is 5.32 Å². The Bertz CT molecular complexity index is 878. The number of carbonyl (C=O) groups excluding carboxylic acids is 1. The van der Waals surface area contributed by atoms with Crippen LogP contribution in [0, 0.1) is 5.82 Å². The van der Waals surface area contributed by atoms with Crippen molar-refractivity contribution in [2.45, 2.75) is 6.04 Å². The maximum Gasteiger partial charge on any atom is 0.252 e. The van der Waals surface area contributed by atoms with Crippen molar-refractivity contribution in [3.05, 3.63) is 88.2 Å². The standard InChI is InChI=1S/C18H15BrFN3O/c1-23-10-9-21-17(23)16(14-7-2-3-8-15(14)20)22-18(24)12-5-4-6-13(19)11-12/h2-11,16H,1H3,(H,22,24). The zero-order valence-electron chi connectivity index (χ0n) is 12.9. The highest BCUT2D eigenvalue weighted by Crippen LogP contribution is 2.24. The number of halogens is 2. The summed E-state index contributed by atoms with van der Waals surface area (Å²) in [6.45, 7) is 0. The molecule has 3 aromatic rings. The van der Waals surface area contributed by atoms with E-state index in [1.54, 1.807) is 60.4 Å². The van der Waals surface area contributed by atoms with Crippen LogP contribution in [0.4, 0.5) is 4.39 Å². The van der Waals surface area contributed by atoms with Gasteiger partial charge in [0.15, 0.2) is 0 Å². The molecule has 0 saturated carbocycles. The van der Waals surface area contributed by atoms with Crippen LogP contribution in [-0.4, -0.2) is 15.5 Å². The minimum absolute atomic E-state index is 0.299. The predicted molar refractivity (Wildman–Crippen MR) is 93.1 cm³/mol. The monoisotopic (exact) mass is 387 g/mol. The highest BCUT2D eigenvalue weighted by molar-refractivity contribution is 9.10. The zero-order chi connectivity index (χ0) is 17.1. The number of nitrogens with one attached hydrogen (secondary N) is 1. The van der Waals surface area contributed by atoms with E-state index in [1.165, 1.54) is 6.07 Å². The smallest absolute Gasteiger partial charge is 0.252 e. The van der Waals surface area contributed by atoms with Crippen molar-refractivity contribution in [1.29, 1.82) is 0 Å². The van der Waals surface area contributed by atoms with Crippen molar-refractivity contribution in [1.82, 2.24) is 14.9 Å². The molecular weight excluding hydrogens is 373 g/mol. The second kappa shape index (κ2) is 6.97. The van der Waals surface area contributed by atoms with Gasteiger partial charge in [0.2, 0.25) is 0 Å². The van der Waals surface area contributed by atoms with Gasteiger partial charge in [-0.2, -0.15) is 0 Å². The van der Waals surface area contributed by atoms with Crippen LogP contribution in [0.1, 0.15) is 27.8 Å². The van der Waals surface area contributed by atoms with Gasteiger partial charge >= 0.3 is 0 Å². The van der Waals surface area contributed by atoms with E-state index >= 15 is 0 Å². The molecule has 1 aromatic heterocycles. The first-order valence-electron chi connectivity index (χ1n) is 7.34. The molecule has 6 heteroatoms. The molecule has 24 heavy (non-hydrogen) atoms. The first-order valence-corrected chi connectivity index (χ1v) is 8.13. The third kappa shape index (κ3) is 3.38. The normalized spacial score (nSPS) is 12.0. The molecule has 0 saturated heterocycles. The van der Waals surface area contributed by atoms with Gasteiger partial charge in [0.05, 0.1) is 0 Å². The number of aryl methyl sites for hydroxylation is 1. The number of hydrogen-bond acceptors (Lipinski definition) is 2. The lowest BCUT2D eigenvalue weighted by molar-refractivity contribution is 0.0940. The lowest BCUT2D eigenvalue weighted by Gasteiger charge is -2.20. The average molecular weight is 388 g/mol. The molecule has 2 aromatic carbocycles. The Balaban J connectivity index is 1.98. The fourth-order valence-corrected chi connectivity index (χ4v) is 2.89. The summed E-state index contributed by atoms with van der Waals surface area (Å²) in [5.41, 5.74) is 0.857. The Kier molecular flexibility index (Phi) is 4.76. The molecule has 0 aliphatic rings. The van der Waals surface area contributed by atoms with E-state index < -0.39 is 6.04 Å². The van der Waals surface area contributed by atoms with E-state index in [0.29, 0.717) is 17.0 Å². The van der Waals surface area contributed by atoms with E-state index in [2.05, 4.69) is 26.2 Å². The molecule has 1 heterocycles. The van der Waals surface area contributed by atoms with Crippen LogP contribution in [0.2, 0.25) is 0 Å². The van der Waals surface area contributed by atoms with Gasteiger partial charge in [-0.15, -0.1) is 0 Å². The van der Waals surface area contributed by atoms with E-state index in [0.717, 1.165) is 4.47 Å². The first-order chi connectivity index (χ1) is 11.6. The van der Waals surface area contributed by atoms with Gasteiger partial charge in [0.1, 0.15) is 17.7 Å². The largest absolute Gasteiger partial charge is 0.338 e. The Hall–Kier alpha value is -2.47. The lowest BCUT2D eigenvalue weighted by atomic mass is 10.0. The van der Waals surface area contributed by atoms with Crippen LogP contribution in [0.15, 0.2) is 65.4 Å².